The van der Waals surface area contributed by atoms with Crippen LogP contribution in [-0.2, 0) is 24.3 Å². The highest BCUT2D eigenvalue weighted by atomic mass is 32.2. The highest BCUT2D eigenvalue weighted by Gasteiger charge is 2.25. The first-order chi connectivity index (χ1) is 16.2. The van der Waals surface area contributed by atoms with Gasteiger partial charge in [0.25, 0.3) is 15.9 Å². The van der Waals surface area contributed by atoms with Crippen LogP contribution in [0.15, 0.2) is 53.4 Å². The van der Waals surface area contributed by atoms with Gasteiger partial charge in [-0.3, -0.25) is 9.52 Å². The second kappa shape index (κ2) is 11.0. The van der Waals surface area contributed by atoms with Crippen molar-refractivity contribution in [3.05, 3.63) is 59.9 Å². The van der Waals surface area contributed by atoms with E-state index in [1.807, 2.05) is 0 Å². The van der Waals surface area contributed by atoms with Crippen LogP contribution in [0.4, 0.5) is 14.9 Å². The van der Waals surface area contributed by atoms with Gasteiger partial charge >= 0.3 is 12.1 Å². The van der Waals surface area contributed by atoms with E-state index in [9.17, 15) is 27.2 Å². The lowest BCUT2D eigenvalue weighted by atomic mass is 10.2. The number of carbonyl (C=O) groups excluding carboxylic acids is 3. The molecule has 10 nitrogen and oxygen atoms in total. The fraction of sp³-hybridized carbons (Fsp3) is 0.318. The lowest BCUT2D eigenvalue weighted by Crippen LogP contribution is -2.51. The first-order valence-electron chi connectivity index (χ1n) is 10.4. The molecule has 0 radical (unpaired) electrons. The Morgan fingerprint density at radius 1 is 0.971 bits per heavy atom. The summed E-state index contributed by atoms with van der Waals surface area (Å²) in [6.07, 6.45) is -0.440. The molecule has 2 aromatic rings. The molecular formula is C22H24FN3O7S. The molecule has 1 N–H and O–H groups in total. The Bertz CT molecular complexity index is 1150. The van der Waals surface area contributed by atoms with Crippen LogP contribution >= 0.6 is 0 Å². The van der Waals surface area contributed by atoms with Gasteiger partial charge in [0.15, 0.2) is 6.61 Å². The van der Waals surface area contributed by atoms with Gasteiger partial charge in [-0.05, 0) is 49.4 Å². The monoisotopic (exact) mass is 493 g/mol. The van der Waals surface area contributed by atoms with Gasteiger partial charge in [0.1, 0.15) is 5.82 Å². The summed E-state index contributed by atoms with van der Waals surface area (Å²) in [4.78, 5) is 39.3. The number of ether oxygens (including phenoxy) is 2. The van der Waals surface area contributed by atoms with Gasteiger partial charge in [-0.25, -0.2) is 22.4 Å². The van der Waals surface area contributed by atoms with E-state index < -0.39 is 40.4 Å². The number of sulfonamides is 1. The average molecular weight is 494 g/mol. The number of carbonyl (C=O) groups is 3. The molecule has 182 valence electrons. The van der Waals surface area contributed by atoms with Gasteiger partial charge in [-0.2, -0.15) is 0 Å². The van der Waals surface area contributed by atoms with Crippen LogP contribution in [-0.4, -0.2) is 75.6 Å². The van der Waals surface area contributed by atoms with Crippen molar-refractivity contribution in [3.63, 3.8) is 0 Å². The molecule has 0 saturated carbocycles. The molecule has 12 heteroatoms. The van der Waals surface area contributed by atoms with E-state index in [1.54, 1.807) is 6.92 Å². The van der Waals surface area contributed by atoms with Crippen molar-refractivity contribution >= 4 is 33.7 Å². The van der Waals surface area contributed by atoms with Gasteiger partial charge in [0.2, 0.25) is 0 Å². The lowest BCUT2D eigenvalue weighted by molar-refractivity contribution is -0.136. The summed E-state index contributed by atoms with van der Waals surface area (Å²) in [6, 6.07) is 9.90. The molecule has 0 aromatic heterocycles. The van der Waals surface area contributed by atoms with Crippen LogP contribution in [0.5, 0.6) is 0 Å². The summed E-state index contributed by atoms with van der Waals surface area (Å²) in [6.45, 7) is 2.61. The van der Waals surface area contributed by atoms with Crippen LogP contribution in [0.25, 0.3) is 0 Å². The van der Waals surface area contributed by atoms with Crippen molar-refractivity contribution in [2.24, 2.45) is 0 Å². The number of esters is 1. The number of benzene rings is 2. The standard InChI is InChI=1S/C22H24FN3O7S/c1-2-32-22(29)26-12-10-25(11-13-26)20(27)15-33-21(28)16-4-3-5-19(14-16)34(30,31)24-18-8-6-17(23)7-9-18/h3-9,14,24H,2,10-13,15H2,1H3. The Labute approximate surface area is 196 Å². The molecule has 1 heterocycles. The van der Waals surface area contributed by atoms with Crippen LogP contribution in [0.3, 0.4) is 0 Å². The molecule has 0 aliphatic carbocycles. The summed E-state index contributed by atoms with van der Waals surface area (Å²) < 4.78 is 50.5. The number of hydrogen-bond acceptors (Lipinski definition) is 7. The van der Waals surface area contributed by atoms with Gasteiger partial charge < -0.3 is 19.3 Å². The van der Waals surface area contributed by atoms with Crippen molar-refractivity contribution in [2.45, 2.75) is 11.8 Å². The number of amides is 2. The van der Waals surface area contributed by atoms with Crippen LogP contribution in [0.2, 0.25) is 0 Å². The van der Waals surface area contributed by atoms with E-state index in [0.717, 1.165) is 18.2 Å². The third kappa shape index (κ3) is 6.44. The minimum Gasteiger partial charge on any atom is -0.452 e. The van der Waals surface area contributed by atoms with E-state index in [-0.39, 0.29) is 35.8 Å². The summed E-state index contributed by atoms with van der Waals surface area (Å²) >= 11 is 0. The molecule has 2 aromatic carbocycles. The first-order valence-corrected chi connectivity index (χ1v) is 11.9. The molecule has 0 spiro atoms. The summed E-state index contributed by atoms with van der Waals surface area (Å²) in [7, 11) is -4.04. The van der Waals surface area contributed by atoms with Crippen LogP contribution < -0.4 is 4.72 Å². The molecule has 1 aliphatic rings. The number of halogens is 1. The first kappa shape index (κ1) is 25.0. The zero-order valence-electron chi connectivity index (χ0n) is 18.4. The van der Waals surface area contributed by atoms with Gasteiger partial charge in [0.05, 0.1) is 17.1 Å². The second-order valence-corrected chi connectivity index (χ2v) is 8.97. The van der Waals surface area contributed by atoms with Crippen LogP contribution in [0, 0.1) is 5.82 Å². The Hall–Kier alpha value is -3.67. The quantitative estimate of drug-likeness (QED) is 0.586. The fourth-order valence-corrected chi connectivity index (χ4v) is 4.28. The van der Waals surface area contributed by atoms with Gasteiger partial charge in [-0.15, -0.1) is 0 Å². The predicted octanol–water partition coefficient (Wildman–Crippen LogP) is 2.08. The number of nitrogens with zero attached hydrogens (tertiary/aromatic N) is 2. The molecule has 1 saturated heterocycles. The molecule has 0 unspecified atom stereocenters. The average Bonchev–Trinajstić information content (AvgIpc) is 2.84. The van der Waals surface area contributed by atoms with Gasteiger partial charge in [0, 0.05) is 31.9 Å². The van der Waals surface area contributed by atoms with Crippen LogP contribution in [0.1, 0.15) is 17.3 Å². The number of piperazine rings is 1. The normalized spacial score (nSPS) is 13.8. The summed E-state index contributed by atoms with van der Waals surface area (Å²) in [5, 5.41) is 0. The summed E-state index contributed by atoms with van der Waals surface area (Å²) in [5.41, 5.74) is 0.102. The van der Waals surface area contributed by atoms with Crippen molar-refractivity contribution in [1.29, 1.82) is 0 Å². The maximum atomic E-state index is 13.0. The fourth-order valence-electron chi connectivity index (χ4n) is 3.18. The molecule has 2 amide bonds. The molecule has 3 rings (SSSR count). The van der Waals surface area contributed by atoms with Crippen molar-refractivity contribution in [3.8, 4) is 0 Å². The van der Waals surface area contributed by atoms with E-state index in [4.69, 9.17) is 9.47 Å². The maximum Gasteiger partial charge on any atom is 0.409 e. The topological polar surface area (TPSA) is 122 Å². The zero-order chi connectivity index (χ0) is 24.7. The Morgan fingerprint density at radius 2 is 1.62 bits per heavy atom. The van der Waals surface area contributed by atoms with Crippen molar-refractivity contribution < 1.29 is 36.7 Å². The smallest absolute Gasteiger partial charge is 0.409 e. The van der Waals surface area contributed by atoms with E-state index in [2.05, 4.69) is 4.72 Å². The molecule has 1 aliphatic heterocycles. The summed E-state index contributed by atoms with van der Waals surface area (Å²) in [5.74, 6) is -1.81. The van der Waals surface area contributed by atoms with E-state index >= 15 is 0 Å². The minimum atomic E-state index is -4.04. The SMILES string of the molecule is CCOC(=O)N1CCN(C(=O)COC(=O)c2cccc(S(=O)(=O)Nc3ccc(F)cc3)c2)CC1. The third-order valence-corrected chi connectivity index (χ3v) is 6.34. The number of anilines is 1. The second-order valence-electron chi connectivity index (χ2n) is 7.28. The van der Waals surface area contributed by atoms with Crippen molar-refractivity contribution in [2.75, 3.05) is 44.1 Å². The van der Waals surface area contributed by atoms with E-state index in [0.29, 0.717) is 13.1 Å². The molecule has 0 bridgehead atoms. The maximum absolute atomic E-state index is 13.0. The third-order valence-electron chi connectivity index (χ3n) is 4.96. The highest BCUT2D eigenvalue weighted by molar-refractivity contribution is 7.92. The van der Waals surface area contributed by atoms with Crippen molar-refractivity contribution in [1.82, 2.24) is 9.80 Å². The predicted molar refractivity (Wildman–Crippen MR) is 119 cm³/mol. The molecule has 34 heavy (non-hydrogen) atoms. The lowest BCUT2D eigenvalue weighted by Gasteiger charge is -2.33. The highest BCUT2D eigenvalue weighted by Crippen LogP contribution is 2.18. The number of rotatable bonds is 7. The Kier molecular flexibility index (Phi) is 8.05. The number of nitrogens with one attached hydrogen (secondary N) is 1. The zero-order valence-corrected chi connectivity index (χ0v) is 19.2. The van der Waals surface area contributed by atoms with E-state index in [1.165, 1.54) is 40.1 Å². The molecule has 1 fully saturated rings. The van der Waals surface area contributed by atoms with Gasteiger partial charge in [-0.1, -0.05) is 6.07 Å². The largest absolute Gasteiger partial charge is 0.452 e. The Morgan fingerprint density at radius 3 is 2.26 bits per heavy atom. The Balaban J connectivity index is 1.55. The molecular weight excluding hydrogens is 469 g/mol. The molecule has 0 atom stereocenters. The minimum absolute atomic E-state index is 0.0538. The number of hydrogen-bond donors (Lipinski definition) is 1.